The van der Waals surface area contributed by atoms with Crippen LogP contribution in [0.2, 0.25) is 0 Å². The molecule has 0 fully saturated rings. The highest BCUT2D eigenvalue weighted by Gasteiger charge is 2.29. The van der Waals surface area contributed by atoms with Crippen LogP contribution in [0.3, 0.4) is 0 Å². The second-order valence-electron chi connectivity index (χ2n) is 9.06. The third-order valence-electron chi connectivity index (χ3n) is 6.22. The summed E-state index contributed by atoms with van der Waals surface area (Å²) in [7, 11) is -2.05. The van der Waals surface area contributed by atoms with Crippen LogP contribution in [-0.2, 0) is 26.2 Å². The van der Waals surface area contributed by atoms with Crippen LogP contribution in [0.15, 0.2) is 42.5 Å². The Kier molecular flexibility index (Phi) is 10.2. The molecule has 1 unspecified atom stereocenters. The van der Waals surface area contributed by atoms with E-state index >= 15 is 0 Å². The zero-order valence-electron chi connectivity index (χ0n) is 22.4. The summed E-state index contributed by atoms with van der Waals surface area (Å²) in [4.78, 5) is 28.0. The summed E-state index contributed by atoms with van der Waals surface area (Å²) in [6.07, 6.45) is 2.69. The zero-order valence-corrected chi connectivity index (χ0v) is 23.3. The fraction of sp³-hybridized carbons (Fsp3) is 0.481. The van der Waals surface area contributed by atoms with Crippen molar-refractivity contribution < 1.29 is 32.2 Å². The number of carbonyl (C=O) groups is 2. The number of carbonyl (C=O) groups excluding carboxylic acids is 2. The summed E-state index contributed by atoms with van der Waals surface area (Å²) in [5.74, 6) is 1.25. The Hall–Kier alpha value is -3.47. The Morgan fingerprint density at radius 1 is 1.11 bits per heavy atom. The zero-order chi connectivity index (χ0) is 27.7. The van der Waals surface area contributed by atoms with Crippen LogP contribution in [0.5, 0.6) is 17.2 Å². The Bertz CT molecular complexity index is 1220. The standard InChI is InChI=1S/C27H37N3O7S/c1-5-14-28-27(32)23(6-2)29(18-20-9-7-10-22(16-20)35-3)26(31)11-8-15-30(38(4,33)34)21-12-13-24-25(17-21)37-19-36-24/h7,9-10,12-13,16-17,23H,5-6,8,11,14-15,18-19H2,1-4H3,(H,28,32). The monoisotopic (exact) mass is 547 g/mol. The van der Waals surface area contributed by atoms with Crippen LogP contribution in [0.4, 0.5) is 5.69 Å². The fourth-order valence-corrected chi connectivity index (χ4v) is 5.25. The number of hydrogen-bond donors (Lipinski definition) is 1. The van der Waals surface area contributed by atoms with Gasteiger partial charge in [0, 0.05) is 32.1 Å². The molecule has 1 aliphatic heterocycles. The molecule has 38 heavy (non-hydrogen) atoms. The molecule has 2 amide bonds. The molecule has 2 aromatic rings. The van der Waals surface area contributed by atoms with Gasteiger partial charge in [-0.1, -0.05) is 26.0 Å². The molecule has 10 nitrogen and oxygen atoms in total. The van der Waals surface area contributed by atoms with Gasteiger partial charge in [-0.25, -0.2) is 8.42 Å². The summed E-state index contributed by atoms with van der Waals surface area (Å²) in [6.45, 7) is 4.76. The topological polar surface area (TPSA) is 114 Å². The summed E-state index contributed by atoms with van der Waals surface area (Å²) in [5.41, 5.74) is 1.26. The van der Waals surface area contributed by atoms with Crippen LogP contribution < -0.4 is 23.8 Å². The second kappa shape index (κ2) is 13.4. The first-order valence-corrected chi connectivity index (χ1v) is 14.6. The number of methoxy groups -OCH3 is 1. The highest BCUT2D eigenvalue weighted by atomic mass is 32.2. The van der Waals surface area contributed by atoms with Gasteiger partial charge in [0.05, 0.1) is 19.1 Å². The number of ether oxygens (including phenoxy) is 3. The first kappa shape index (κ1) is 29.1. The molecular weight excluding hydrogens is 510 g/mol. The number of amides is 2. The quantitative estimate of drug-likeness (QED) is 0.386. The lowest BCUT2D eigenvalue weighted by molar-refractivity contribution is -0.141. The van der Waals surface area contributed by atoms with E-state index in [2.05, 4.69) is 5.32 Å². The predicted molar refractivity (Wildman–Crippen MR) is 145 cm³/mol. The molecular formula is C27H37N3O7S. The lowest BCUT2D eigenvalue weighted by atomic mass is 10.1. The fourth-order valence-electron chi connectivity index (χ4n) is 4.30. The maximum atomic E-state index is 13.5. The van der Waals surface area contributed by atoms with Crippen molar-refractivity contribution in [1.82, 2.24) is 10.2 Å². The Balaban J connectivity index is 1.76. The van der Waals surface area contributed by atoms with Gasteiger partial charge in [-0.2, -0.15) is 0 Å². The number of nitrogens with one attached hydrogen (secondary N) is 1. The van der Waals surface area contributed by atoms with Crippen molar-refractivity contribution in [2.75, 3.05) is 37.6 Å². The van der Waals surface area contributed by atoms with E-state index in [4.69, 9.17) is 14.2 Å². The molecule has 11 heteroatoms. The predicted octanol–water partition coefficient (Wildman–Crippen LogP) is 3.30. The van der Waals surface area contributed by atoms with Crippen molar-refractivity contribution >= 4 is 27.5 Å². The minimum atomic E-state index is -3.62. The molecule has 1 N–H and O–H groups in total. The molecule has 0 bridgehead atoms. The highest BCUT2D eigenvalue weighted by Crippen LogP contribution is 2.36. The average molecular weight is 548 g/mol. The third-order valence-corrected chi connectivity index (χ3v) is 7.41. The third kappa shape index (κ3) is 7.53. The van der Waals surface area contributed by atoms with Crippen LogP contribution in [0.1, 0.15) is 45.1 Å². The summed E-state index contributed by atoms with van der Waals surface area (Å²) >= 11 is 0. The van der Waals surface area contributed by atoms with Crippen LogP contribution in [0, 0.1) is 0 Å². The number of hydrogen-bond acceptors (Lipinski definition) is 7. The summed E-state index contributed by atoms with van der Waals surface area (Å²) in [6, 6.07) is 11.6. The lowest BCUT2D eigenvalue weighted by Gasteiger charge is -2.31. The molecule has 2 aromatic carbocycles. The van der Waals surface area contributed by atoms with Crippen LogP contribution in [0.25, 0.3) is 0 Å². The molecule has 0 saturated carbocycles. The van der Waals surface area contributed by atoms with Crippen LogP contribution in [-0.4, -0.2) is 64.4 Å². The average Bonchev–Trinajstić information content (AvgIpc) is 3.37. The minimum Gasteiger partial charge on any atom is -0.497 e. The van der Waals surface area contributed by atoms with E-state index in [0.29, 0.717) is 35.9 Å². The van der Waals surface area contributed by atoms with Crippen molar-refractivity contribution in [2.45, 2.75) is 52.1 Å². The summed E-state index contributed by atoms with van der Waals surface area (Å²) in [5, 5.41) is 2.90. The molecule has 0 aromatic heterocycles. The first-order valence-electron chi connectivity index (χ1n) is 12.7. The van der Waals surface area contributed by atoms with Gasteiger partial charge in [-0.15, -0.1) is 0 Å². The van der Waals surface area contributed by atoms with Gasteiger partial charge in [-0.05, 0) is 49.1 Å². The van der Waals surface area contributed by atoms with Gasteiger partial charge in [0.25, 0.3) is 0 Å². The molecule has 1 atom stereocenters. The largest absolute Gasteiger partial charge is 0.497 e. The Labute approximate surface area is 224 Å². The van der Waals surface area contributed by atoms with Crippen molar-refractivity contribution in [3.05, 3.63) is 48.0 Å². The molecule has 0 aliphatic carbocycles. The highest BCUT2D eigenvalue weighted by molar-refractivity contribution is 7.92. The molecule has 0 radical (unpaired) electrons. The number of benzene rings is 2. The van der Waals surface area contributed by atoms with Gasteiger partial charge in [0.15, 0.2) is 11.5 Å². The number of fused-ring (bicyclic) bond motifs is 1. The van der Waals surface area contributed by atoms with Gasteiger partial charge < -0.3 is 24.4 Å². The van der Waals surface area contributed by atoms with E-state index in [0.717, 1.165) is 18.2 Å². The van der Waals surface area contributed by atoms with Gasteiger partial charge >= 0.3 is 0 Å². The van der Waals surface area contributed by atoms with Crippen molar-refractivity contribution in [3.8, 4) is 17.2 Å². The second-order valence-corrected chi connectivity index (χ2v) is 11.0. The molecule has 0 spiro atoms. The van der Waals surface area contributed by atoms with Crippen molar-refractivity contribution in [3.63, 3.8) is 0 Å². The van der Waals surface area contributed by atoms with E-state index in [9.17, 15) is 18.0 Å². The Morgan fingerprint density at radius 3 is 2.55 bits per heavy atom. The maximum Gasteiger partial charge on any atom is 0.242 e. The molecule has 1 aliphatic rings. The number of anilines is 1. The number of rotatable bonds is 14. The molecule has 208 valence electrons. The number of sulfonamides is 1. The SMILES string of the molecule is CCCNC(=O)C(CC)N(Cc1cccc(OC)c1)C(=O)CCCN(c1ccc2c(c1)OCO2)S(C)(=O)=O. The van der Waals surface area contributed by atoms with E-state index in [1.54, 1.807) is 30.2 Å². The van der Waals surface area contributed by atoms with Crippen molar-refractivity contribution in [2.24, 2.45) is 0 Å². The smallest absolute Gasteiger partial charge is 0.242 e. The van der Waals surface area contributed by atoms with E-state index in [-0.39, 0.29) is 44.5 Å². The number of nitrogens with zero attached hydrogens (tertiary/aromatic N) is 2. The van der Waals surface area contributed by atoms with Gasteiger partial charge in [0.2, 0.25) is 28.6 Å². The van der Waals surface area contributed by atoms with Crippen LogP contribution >= 0.6 is 0 Å². The first-order chi connectivity index (χ1) is 18.2. The van der Waals surface area contributed by atoms with Gasteiger partial charge in [-0.3, -0.25) is 13.9 Å². The van der Waals surface area contributed by atoms with Crippen molar-refractivity contribution in [1.29, 1.82) is 0 Å². The maximum absolute atomic E-state index is 13.5. The minimum absolute atomic E-state index is 0.0676. The van der Waals surface area contributed by atoms with E-state index in [1.165, 1.54) is 4.31 Å². The molecule has 3 rings (SSSR count). The molecule has 1 heterocycles. The summed E-state index contributed by atoms with van der Waals surface area (Å²) < 4.78 is 42.4. The normalized spacial score (nSPS) is 13.1. The van der Waals surface area contributed by atoms with E-state index in [1.807, 2.05) is 38.1 Å². The van der Waals surface area contributed by atoms with Gasteiger partial charge in [0.1, 0.15) is 11.8 Å². The van der Waals surface area contributed by atoms with E-state index < -0.39 is 16.1 Å². The Morgan fingerprint density at radius 2 is 1.87 bits per heavy atom. The molecule has 0 saturated heterocycles. The lowest BCUT2D eigenvalue weighted by Crippen LogP contribution is -2.49.